The highest BCUT2D eigenvalue weighted by atomic mass is 16.4. The minimum absolute atomic E-state index is 0.0467. The maximum atomic E-state index is 12.0. The normalized spacial score (nSPS) is 35.7. The van der Waals surface area contributed by atoms with Crippen LogP contribution in [0, 0.1) is 23.7 Å². The number of hydrogen-bond donors (Lipinski definition) is 2. The molecule has 16 heavy (non-hydrogen) atoms. The van der Waals surface area contributed by atoms with E-state index in [0.29, 0.717) is 0 Å². The van der Waals surface area contributed by atoms with Crippen LogP contribution < -0.4 is 5.32 Å². The van der Waals surface area contributed by atoms with Gasteiger partial charge in [-0.25, -0.2) is 0 Å². The summed E-state index contributed by atoms with van der Waals surface area (Å²) in [5, 5.41) is 12.0. The molecule has 0 spiro atoms. The van der Waals surface area contributed by atoms with E-state index in [0.717, 1.165) is 6.42 Å². The topological polar surface area (TPSA) is 66.4 Å². The van der Waals surface area contributed by atoms with Crippen LogP contribution in [0.2, 0.25) is 0 Å². The molecule has 88 valence electrons. The van der Waals surface area contributed by atoms with Gasteiger partial charge in [0.1, 0.15) is 0 Å². The second kappa shape index (κ2) is 3.92. The maximum absolute atomic E-state index is 12.0. The minimum atomic E-state index is -0.847. The summed E-state index contributed by atoms with van der Waals surface area (Å²) in [7, 11) is 0. The van der Waals surface area contributed by atoms with Gasteiger partial charge in [-0.05, 0) is 32.1 Å². The van der Waals surface area contributed by atoms with E-state index in [1.54, 1.807) is 0 Å². The lowest BCUT2D eigenvalue weighted by Crippen LogP contribution is -2.42. The van der Waals surface area contributed by atoms with Crippen molar-refractivity contribution < 1.29 is 14.7 Å². The number of nitrogens with one attached hydrogen (secondary N) is 1. The van der Waals surface area contributed by atoms with Crippen molar-refractivity contribution in [2.75, 3.05) is 0 Å². The van der Waals surface area contributed by atoms with Crippen LogP contribution in [0.4, 0.5) is 0 Å². The Bertz CT molecular complexity index is 348. The van der Waals surface area contributed by atoms with E-state index in [1.165, 1.54) is 0 Å². The Balaban J connectivity index is 2.16. The smallest absolute Gasteiger partial charge is 0.307 e. The molecule has 4 heteroatoms. The Morgan fingerprint density at radius 2 is 1.81 bits per heavy atom. The molecule has 0 saturated heterocycles. The minimum Gasteiger partial charge on any atom is -0.481 e. The highest BCUT2D eigenvalue weighted by Crippen LogP contribution is 2.48. The highest BCUT2D eigenvalue weighted by Gasteiger charge is 2.51. The number of hydrogen-bond acceptors (Lipinski definition) is 2. The number of carbonyl (C=O) groups excluding carboxylic acids is 1. The SMILES string of the molecule is CC(C)NC(=O)[C@@H]1[C@@H](C(=O)O)[C@H]2C=C[C@H]1C2. The molecule has 0 aromatic heterocycles. The zero-order chi connectivity index (χ0) is 11.9. The van der Waals surface area contributed by atoms with Gasteiger partial charge in [0.05, 0.1) is 11.8 Å². The molecular weight excluding hydrogens is 206 g/mol. The Hall–Kier alpha value is -1.32. The maximum Gasteiger partial charge on any atom is 0.307 e. The van der Waals surface area contributed by atoms with Crippen molar-refractivity contribution in [1.29, 1.82) is 0 Å². The van der Waals surface area contributed by atoms with Crippen LogP contribution in [0.25, 0.3) is 0 Å². The van der Waals surface area contributed by atoms with Gasteiger partial charge < -0.3 is 10.4 Å². The lowest BCUT2D eigenvalue weighted by molar-refractivity contribution is -0.147. The van der Waals surface area contributed by atoms with Gasteiger partial charge >= 0.3 is 5.97 Å². The number of amides is 1. The van der Waals surface area contributed by atoms with Crippen LogP contribution in [-0.2, 0) is 9.59 Å². The van der Waals surface area contributed by atoms with Gasteiger partial charge in [0.25, 0.3) is 0 Å². The van der Waals surface area contributed by atoms with Gasteiger partial charge in [-0.15, -0.1) is 0 Å². The number of allylic oxidation sites excluding steroid dienone is 2. The monoisotopic (exact) mass is 223 g/mol. The quantitative estimate of drug-likeness (QED) is 0.702. The summed E-state index contributed by atoms with van der Waals surface area (Å²) < 4.78 is 0. The Labute approximate surface area is 94.7 Å². The summed E-state index contributed by atoms with van der Waals surface area (Å²) in [6.07, 6.45) is 4.75. The van der Waals surface area contributed by atoms with Crippen molar-refractivity contribution in [3.63, 3.8) is 0 Å². The third kappa shape index (κ3) is 1.72. The van der Waals surface area contributed by atoms with Gasteiger partial charge in [0, 0.05) is 6.04 Å². The fraction of sp³-hybridized carbons (Fsp3) is 0.667. The zero-order valence-electron chi connectivity index (χ0n) is 9.51. The first-order valence-electron chi connectivity index (χ1n) is 5.72. The average Bonchev–Trinajstić information content (AvgIpc) is 2.74. The van der Waals surface area contributed by atoms with E-state index in [4.69, 9.17) is 0 Å². The molecule has 0 aromatic carbocycles. The highest BCUT2D eigenvalue weighted by molar-refractivity contribution is 5.86. The molecule has 1 fully saturated rings. The van der Waals surface area contributed by atoms with Gasteiger partial charge in [0.15, 0.2) is 0 Å². The Morgan fingerprint density at radius 3 is 2.31 bits per heavy atom. The molecule has 2 rings (SSSR count). The number of carboxylic acid groups (broad SMARTS) is 1. The number of aliphatic carboxylic acids is 1. The molecule has 0 radical (unpaired) electrons. The van der Waals surface area contributed by atoms with Crippen molar-refractivity contribution in [1.82, 2.24) is 5.32 Å². The standard InChI is InChI=1S/C12H17NO3/c1-6(2)13-11(14)9-7-3-4-8(5-7)10(9)12(15)16/h3-4,6-10H,5H2,1-2H3,(H,13,14)(H,15,16)/t7-,8-,9-,10-/m0/s1. The van der Waals surface area contributed by atoms with Crippen molar-refractivity contribution >= 4 is 11.9 Å². The van der Waals surface area contributed by atoms with E-state index in [-0.39, 0.29) is 29.7 Å². The summed E-state index contributed by atoms with van der Waals surface area (Å²) in [6.45, 7) is 3.77. The first-order chi connectivity index (χ1) is 7.50. The van der Waals surface area contributed by atoms with Gasteiger partial charge in [-0.2, -0.15) is 0 Å². The molecule has 4 nitrogen and oxygen atoms in total. The van der Waals surface area contributed by atoms with Gasteiger partial charge in [-0.3, -0.25) is 9.59 Å². The number of rotatable bonds is 3. The number of carboxylic acids is 1. The fourth-order valence-corrected chi connectivity index (χ4v) is 2.90. The number of carbonyl (C=O) groups is 2. The van der Waals surface area contributed by atoms with Crippen molar-refractivity contribution in [2.45, 2.75) is 26.3 Å². The second-order valence-corrected chi connectivity index (χ2v) is 5.00. The zero-order valence-corrected chi connectivity index (χ0v) is 9.51. The van der Waals surface area contributed by atoms with E-state index in [9.17, 15) is 14.7 Å². The molecule has 2 aliphatic carbocycles. The molecule has 0 heterocycles. The molecule has 2 aliphatic rings. The molecule has 0 aliphatic heterocycles. The molecule has 4 atom stereocenters. The molecule has 0 unspecified atom stereocenters. The molecule has 0 aromatic rings. The van der Waals surface area contributed by atoms with Gasteiger partial charge in [-0.1, -0.05) is 12.2 Å². The Morgan fingerprint density at radius 1 is 1.25 bits per heavy atom. The van der Waals surface area contributed by atoms with E-state index < -0.39 is 11.9 Å². The van der Waals surface area contributed by atoms with Crippen molar-refractivity contribution in [3.8, 4) is 0 Å². The summed E-state index contributed by atoms with van der Waals surface area (Å²) in [5.74, 6) is -1.71. The largest absolute Gasteiger partial charge is 0.481 e. The van der Waals surface area contributed by atoms with E-state index >= 15 is 0 Å². The average molecular weight is 223 g/mol. The predicted molar refractivity (Wildman–Crippen MR) is 58.6 cm³/mol. The molecule has 2 N–H and O–H groups in total. The molecule has 1 amide bonds. The first kappa shape index (κ1) is 11.2. The third-order valence-electron chi connectivity index (χ3n) is 3.48. The second-order valence-electron chi connectivity index (χ2n) is 5.00. The lowest BCUT2D eigenvalue weighted by atomic mass is 9.82. The predicted octanol–water partition coefficient (Wildman–Crippen LogP) is 1.03. The number of fused-ring (bicyclic) bond motifs is 2. The molecule has 1 saturated carbocycles. The van der Waals surface area contributed by atoms with Crippen LogP contribution in [0.1, 0.15) is 20.3 Å². The molecular formula is C12H17NO3. The van der Waals surface area contributed by atoms with Crippen molar-refractivity contribution in [3.05, 3.63) is 12.2 Å². The van der Waals surface area contributed by atoms with Crippen molar-refractivity contribution in [2.24, 2.45) is 23.7 Å². The van der Waals surface area contributed by atoms with Gasteiger partial charge in [0.2, 0.25) is 5.91 Å². The van der Waals surface area contributed by atoms with Crippen LogP contribution >= 0.6 is 0 Å². The van der Waals surface area contributed by atoms with Crippen LogP contribution in [0.3, 0.4) is 0 Å². The fourth-order valence-electron chi connectivity index (χ4n) is 2.90. The first-order valence-corrected chi connectivity index (χ1v) is 5.72. The van der Waals surface area contributed by atoms with E-state index in [1.807, 2.05) is 26.0 Å². The lowest BCUT2D eigenvalue weighted by Gasteiger charge is -2.24. The molecule has 2 bridgehead atoms. The third-order valence-corrected chi connectivity index (χ3v) is 3.48. The summed E-state index contributed by atoms with van der Waals surface area (Å²) in [5.41, 5.74) is 0. The summed E-state index contributed by atoms with van der Waals surface area (Å²) in [6, 6.07) is 0.0602. The summed E-state index contributed by atoms with van der Waals surface area (Å²) >= 11 is 0. The van der Waals surface area contributed by atoms with Crippen LogP contribution in [0.5, 0.6) is 0 Å². The summed E-state index contributed by atoms with van der Waals surface area (Å²) in [4.78, 5) is 23.1. The van der Waals surface area contributed by atoms with Crippen LogP contribution in [-0.4, -0.2) is 23.0 Å². The van der Waals surface area contributed by atoms with E-state index in [2.05, 4.69) is 5.32 Å². The Kier molecular flexibility index (Phi) is 2.74. The van der Waals surface area contributed by atoms with Crippen LogP contribution in [0.15, 0.2) is 12.2 Å².